The molecule has 0 bridgehead atoms. The van der Waals surface area contributed by atoms with E-state index in [1.807, 2.05) is 18.2 Å². The fourth-order valence-corrected chi connectivity index (χ4v) is 1.60. The second-order valence-electron chi connectivity index (χ2n) is 2.50. The summed E-state index contributed by atoms with van der Waals surface area (Å²) in [6.07, 6.45) is 1.98. The molecule has 0 heterocycles. The molecular weight excluding hydrogens is 300 g/mol. The first kappa shape index (κ1) is 10.4. The lowest BCUT2D eigenvalue weighted by atomic mass is 10.1. The molecule has 0 aliphatic rings. The number of hydrogen-bond donors (Lipinski definition) is 1. The molecule has 0 aromatic heterocycles. The molecule has 1 aromatic rings. The molecule has 0 nitrogen and oxygen atoms in total. The molecule has 0 amide bonds. The van der Waals surface area contributed by atoms with Crippen LogP contribution >= 0.6 is 44.5 Å². The van der Waals surface area contributed by atoms with Gasteiger partial charge in [-0.2, -0.15) is 0 Å². The van der Waals surface area contributed by atoms with Gasteiger partial charge in [0.2, 0.25) is 0 Å². The van der Waals surface area contributed by atoms with Crippen LogP contribution in [0.1, 0.15) is 11.1 Å². The summed E-state index contributed by atoms with van der Waals surface area (Å²) in [5.74, 6) is 0. The average Bonchev–Trinajstić information content (AvgIpc) is 1.96. The molecule has 0 aliphatic carbocycles. The Morgan fingerprint density at radius 1 is 1.42 bits per heavy atom. The van der Waals surface area contributed by atoms with Gasteiger partial charge in [0, 0.05) is 4.90 Å². The van der Waals surface area contributed by atoms with Crippen molar-refractivity contribution in [2.75, 3.05) is 0 Å². The molecule has 1 aromatic carbocycles. The van der Waals surface area contributed by atoms with Crippen molar-refractivity contribution in [2.24, 2.45) is 0 Å². The molecular formula is C9H8Br2S. The van der Waals surface area contributed by atoms with E-state index in [1.165, 1.54) is 5.56 Å². The van der Waals surface area contributed by atoms with Gasteiger partial charge < -0.3 is 0 Å². The molecule has 64 valence electrons. The van der Waals surface area contributed by atoms with Gasteiger partial charge in [-0.1, -0.05) is 17.7 Å². The third kappa shape index (κ3) is 2.96. The van der Waals surface area contributed by atoms with Gasteiger partial charge in [0.1, 0.15) is 0 Å². The Hall–Kier alpha value is 0.270. The minimum Gasteiger partial charge on any atom is -0.143 e. The molecule has 0 spiro atoms. The van der Waals surface area contributed by atoms with Crippen molar-refractivity contribution in [2.45, 2.75) is 11.8 Å². The highest BCUT2D eigenvalue weighted by Gasteiger charge is 1.95. The highest BCUT2D eigenvalue weighted by atomic mass is 79.9. The molecule has 3 heteroatoms. The van der Waals surface area contributed by atoms with Gasteiger partial charge in [0.25, 0.3) is 0 Å². The lowest BCUT2D eigenvalue weighted by Gasteiger charge is -2.00. The summed E-state index contributed by atoms with van der Waals surface area (Å²) in [5, 5.41) is 0. The van der Waals surface area contributed by atoms with Crippen molar-refractivity contribution < 1.29 is 0 Å². The largest absolute Gasteiger partial charge is 0.143 e. The summed E-state index contributed by atoms with van der Waals surface area (Å²) in [6, 6.07) is 6.12. The third-order valence-electron chi connectivity index (χ3n) is 1.45. The predicted octanol–water partition coefficient (Wildman–Crippen LogP) is 4.37. The maximum atomic E-state index is 4.33. The zero-order valence-electron chi connectivity index (χ0n) is 6.51. The number of halogens is 2. The Morgan fingerprint density at radius 3 is 2.67 bits per heavy atom. The lowest BCUT2D eigenvalue weighted by molar-refractivity contribution is 1.36. The zero-order valence-corrected chi connectivity index (χ0v) is 10.6. The Kier molecular flexibility index (Phi) is 3.87. The number of benzene rings is 1. The molecule has 0 saturated heterocycles. The molecule has 0 unspecified atom stereocenters. The molecule has 0 atom stereocenters. The molecule has 0 fully saturated rings. The summed E-state index contributed by atoms with van der Waals surface area (Å²) < 4.78 is 0.927. The highest BCUT2D eigenvalue weighted by molar-refractivity contribution is 9.28. The zero-order chi connectivity index (χ0) is 9.14. The normalized spacial score (nSPS) is 9.67. The van der Waals surface area contributed by atoms with Crippen LogP contribution in [0.2, 0.25) is 0 Å². The molecule has 1 rings (SSSR count). The maximum absolute atomic E-state index is 4.33. The van der Waals surface area contributed by atoms with Gasteiger partial charge in [0.05, 0.1) is 3.39 Å². The Balaban J connectivity index is 3.14. The minimum atomic E-state index is 0.927. The summed E-state index contributed by atoms with van der Waals surface area (Å²) in [4.78, 5) is 0.983. The molecule has 0 N–H and O–H groups in total. The second-order valence-corrected chi connectivity index (χ2v) is 5.75. The van der Waals surface area contributed by atoms with Gasteiger partial charge in [0.15, 0.2) is 0 Å². The summed E-state index contributed by atoms with van der Waals surface area (Å²) in [5.41, 5.74) is 2.35. The van der Waals surface area contributed by atoms with E-state index in [2.05, 4.69) is 57.5 Å². The topological polar surface area (TPSA) is 0 Å². The smallest absolute Gasteiger partial charge is 0.0610 e. The second kappa shape index (κ2) is 4.49. The summed E-state index contributed by atoms with van der Waals surface area (Å²) in [6.45, 7) is 2.06. The molecule has 0 radical (unpaired) electrons. The standard InChI is InChI=1S/C9H8Br2S/c1-6-2-3-8(12)7(4-6)5-9(10)11/h2-5,12H,1H3. The first-order chi connectivity index (χ1) is 5.59. The maximum Gasteiger partial charge on any atom is 0.0610 e. The van der Waals surface area contributed by atoms with E-state index < -0.39 is 0 Å². The first-order valence-electron chi connectivity index (χ1n) is 3.42. The van der Waals surface area contributed by atoms with Crippen molar-refractivity contribution in [1.82, 2.24) is 0 Å². The van der Waals surface area contributed by atoms with Crippen molar-refractivity contribution in [3.05, 3.63) is 32.7 Å². The van der Waals surface area contributed by atoms with Crippen molar-refractivity contribution >= 4 is 50.6 Å². The monoisotopic (exact) mass is 306 g/mol. The van der Waals surface area contributed by atoms with E-state index in [0.29, 0.717) is 0 Å². The van der Waals surface area contributed by atoms with Crippen molar-refractivity contribution in [3.63, 3.8) is 0 Å². The van der Waals surface area contributed by atoms with Crippen LogP contribution in [0, 0.1) is 6.92 Å². The lowest BCUT2D eigenvalue weighted by Crippen LogP contribution is -1.78. The molecule has 0 saturated carbocycles. The van der Waals surface area contributed by atoms with Crippen LogP contribution in [0.3, 0.4) is 0 Å². The van der Waals surface area contributed by atoms with E-state index in [9.17, 15) is 0 Å². The van der Waals surface area contributed by atoms with E-state index in [0.717, 1.165) is 13.9 Å². The third-order valence-corrected chi connectivity index (χ3v) is 2.31. The van der Waals surface area contributed by atoms with Crippen LogP contribution in [0.25, 0.3) is 6.08 Å². The van der Waals surface area contributed by atoms with Gasteiger partial charge in [-0.3, -0.25) is 0 Å². The van der Waals surface area contributed by atoms with Crippen LogP contribution in [0.4, 0.5) is 0 Å². The quantitative estimate of drug-likeness (QED) is 0.732. The number of aryl methyl sites for hydroxylation is 1. The van der Waals surface area contributed by atoms with Crippen LogP contribution in [-0.4, -0.2) is 0 Å². The van der Waals surface area contributed by atoms with Crippen molar-refractivity contribution in [1.29, 1.82) is 0 Å². The average molecular weight is 308 g/mol. The SMILES string of the molecule is Cc1ccc(S)c(C=C(Br)Br)c1. The predicted molar refractivity (Wildman–Crippen MR) is 64.3 cm³/mol. The minimum absolute atomic E-state index is 0.927. The fourth-order valence-electron chi connectivity index (χ4n) is 0.907. The summed E-state index contributed by atoms with van der Waals surface area (Å²) >= 11 is 11.0. The van der Waals surface area contributed by atoms with E-state index in [1.54, 1.807) is 0 Å². The van der Waals surface area contributed by atoms with E-state index in [4.69, 9.17) is 0 Å². The van der Waals surface area contributed by atoms with Crippen molar-refractivity contribution in [3.8, 4) is 0 Å². The fraction of sp³-hybridized carbons (Fsp3) is 0.111. The van der Waals surface area contributed by atoms with Crippen LogP contribution in [0.5, 0.6) is 0 Å². The van der Waals surface area contributed by atoms with Gasteiger partial charge in [-0.05, 0) is 56.5 Å². The van der Waals surface area contributed by atoms with E-state index in [-0.39, 0.29) is 0 Å². The highest BCUT2D eigenvalue weighted by Crippen LogP contribution is 2.23. The van der Waals surface area contributed by atoms with Gasteiger partial charge in [-0.15, -0.1) is 12.6 Å². The summed E-state index contributed by atoms with van der Waals surface area (Å²) in [7, 11) is 0. The van der Waals surface area contributed by atoms with Gasteiger partial charge >= 0.3 is 0 Å². The number of thiol groups is 1. The molecule has 0 aliphatic heterocycles. The number of hydrogen-bond acceptors (Lipinski definition) is 1. The van der Waals surface area contributed by atoms with Crippen LogP contribution < -0.4 is 0 Å². The van der Waals surface area contributed by atoms with Crippen LogP contribution in [0.15, 0.2) is 26.5 Å². The molecule has 12 heavy (non-hydrogen) atoms. The van der Waals surface area contributed by atoms with E-state index >= 15 is 0 Å². The Bertz CT molecular complexity index is 314. The van der Waals surface area contributed by atoms with Gasteiger partial charge in [-0.25, -0.2) is 0 Å². The van der Waals surface area contributed by atoms with Crippen LogP contribution in [-0.2, 0) is 0 Å². The Labute approximate surface area is 94.7 Å². The first-order valence-corrected chi connectivity index (χ1v) is 5.45. The number of rotatable bonds is 1. The Morgan fingerprint density at radius 2 is 2.08 bits per heavy atom.